The molecule has 2 aromatic carbocycles. The van der Waals surface area contributed by atoms with Crippen molar-refractivity contribution >= 4 is 17.8 Å². The van der Waals surface area contributed by atoms with Crippen LogP contribution < -0.4 is 4.74 Å². The summed E-state index contributed by atoms with van der Waals surface area (Å²) >= 11 is 0. The molecule has 0 N–H and O–H groups in total. The van der Waals surface area contributed by atoms with E-state index in [4.69, 9.17) is 9.47 Å². The van der Waals surface area contributed by atoms with Gasteiger partial charge >= 0.3 is 5.97 Å². The first kappa shape index (κ1) is 18.5. The Morgan fingerprint density at radius 2 is 1.84 bits per heavy atom. The largest absolute Gasteiger partial charge is 0.489 e. The van der Waals surface area contributed by atoms with Crippen molar-refractivity contribution in [2.75, 3.05) is 7.11 Å². The maximum Gasteiger partial charge on any atom is 0.338 e. The van der Waals surface area contributed by atoms with Crippen LogP contribution in [0.15, 0.2) is 42.5 Å². The summed E-state index contributed by atoms with van der Waals surface area (Å²) in [6, 6.07) is 11.2. The van der Waals surface area contributed by atoms with E-state index in [1.165, 1.54) is 7.11 Å². The minimum absolute atomic E-state index is 0.311. The minimum atomic E-state index is -0.377. The molecule has 0 aliphatic heterocycles. The molecule has 0 unspecified atom stereocenters. The van der Waals surface area contributed by atoms with Crippen molar-refractivity contribution in [1.82, 2.24) is 0 Å². The van der Waals surface area contributed by atoms with Crippen molar-refractivity contribution in [3.8, 4) is 5.75 Å². The zero-order valence-corrected chi connectivity index (χ0v) is 15.0. The molecule has 0 bridgehead atoms. The van der Waals surface area contributed by atoms with Crippen LogP contribution in [0, 0.1) is 13.8 Å². The average Bonchev–Trinajstić information content (AvgIpc) is 2.63. The number of aryl methyl sites for hydroxylation is 2. The molecule has 2 aromatic rings. The Balaban J connectivity index is 2.29. The van der Waals surface area contributed by atoms with Gasteiger partial charge in [0.25, 0.3) is 0 Å². The smallest absolute Gasteiger partial charge is 0.338 e. The average molecular weight is 338 g/mol. The van der Waals surface area contributed by atoms with Crippen LogP contribution in [0.5, 0.6) is 5.75 Å². The second-order valence-electron chi connectivity index (χ2n) is 5.73. The first-order valence-corrected chi connectivity index (χ1v) is 8.04. The van der Waals surface area contributed by atoms with E-state index in [2.05, 4.69) is 0 Å². The summed E-state index contributed by atoms with van der Waals surface area (Å²) in [7, 11) is 1.37. The Bertz CT molecular complexity index is 819. The van der Waals surface area contributed by atoms with Gasteiger partial charge in [-0.1, -0.05) is 30.3 Å². The molecular weight excluding hydrogens is 316 g/mol. The third-order valence-electron chi connectivity index (χ3n) is 4.08. The topological polar surface area (TPSA) is 52.6 Å². The van der Waals surface area contributed by atoms with E-state index in [9.17, 15) is 9.59 Å². The number of methoxy groups -OCH3 is 1. The van der Waals surface area contributed by atoms with Gasteiger partial charge in [-0.05, 0) is 55.2 Å². The number of hydrogen-bond acceptors (Lipinski definition) is 4. The quantitative estimate of drug-likeness (QED) is 0.448. The van der Waals surface area contributed by atoms with E-state index in [1.807, 2.05) is 50.2 Å². The highest BCUT2D eigenvalue weighted by atomic mass is 16.5. The predicted molar refractivity (Wildman–Crippen MR) is 97.7 cm³/mol. The van der Waals surface area contributed by atoms with Gasteiger partial charge in [-0.15, -0.1) is 0 Å². The number of allylic oxidation sites excluding steroid dienone is 1. The van der Waals surface area contributed by atoms with Gasteiger partial charge in [0.1, 0.15) is 18.6 Å². The number of hydrogen-bond donors (Lipinski definition) is 0. The van der Waals surface area contributed by atoms with Gasteiger partial charge < -0.3 is 9.47 Å². The minimum Gasteiger partial charge on any atom is -0.489 e. The monoisotopic (exact) mass is 338 g/mol. The Labute approximate surface area is 148 Å². The molecule has 0 radical (unpaired) electrons. The highest BCUT2D eigenvalue weighted by Crippen LogP contribution is 2.26. The van der Waals surface area contributed by atoms with Crippen LogP contribution in [0.2, 0.25) is 0 Å². The molecule has 0 aliphatic rings. The van der Waals surface area contributed by atoms with Gasteiger partial charge in [-0.2, -0.15) is 0 Å². The summed E-state index contributed by atoms with van der Waals surface area (Å²) in [6.45, 7) is 5.89. The second-order valence-corrected chi connectivity index (χ2v) is 5.73. The summed E-state index contributed by atoms with van der Waals surface area (Å²) in [4.78, 5) is 23.0. The number of esters is 1. The third kappa shape index (κ3) is 4.15. The molecule has 0 fully saturated rings. The molecule has 0 spiro atoms. The van der Waals surface area contributed by atoms with Crippen LogP contribution in [0.4, 0.5) is 0 Å². The Hall–Kier alpha value is -2.88. The van der Waals surface area contributed by atoms with Crippen molar-refractivity contribution in [1.29, 1.82) is 0 Å². The first-order valence-electron chi connectivity index (χ1n) is 8.04. The van der Waals surface area contributed by atoms with Gasteiger partial charge in [0, 0.05) is 5.56 Å². The molecule has 0 saturated heterocycles. The van der Waals surface area contributed by atoms with Gasteiger partial charge in [-0.3, -0.25) is 4.79 Å². The number of carbonyl (C=O) groups is 2. The molecule has 25 heavy (non-hydrogen) atoms. The van der Waals surface area contributed by atoms with Gasteiger partial charge in [-0.25, -0.2) is 4.79 Å². The summed E-state index contributed by atoms with van der Waals surface area (Å²) in [5, 5.41) is 0. The van der Waals surface area contributed by atoms with Crippen LogP contribution >= 0.6 is 0 Å². The SMILES string of the molecule is CC=C(C(=O)OC)c1ccccc1COc1cc(C)c(C=O)cc1C. The van der Waals surface area contributed by atoms with Crippen LogP contribution in [0.1, 0.15) is 39.5 Å². The highest BCUT2D eigenvalue weighted by Gasteiger charge is 2.15. The van der Waals surface area contributed by atoms with E-state index in [0.717, 1.165) is 34.3 Å². The van der Waals surface area contributed by atoms with Crippen molar-refractivity contribution < 1.29 is 19.1 Å². The first-order chi connectivity index (χ1) is 12.0. The van der Waals surface area contributed by atoms with Crippen LogP contribution in [-0.2, 0) is 16.1 Å². The zero-order chi connectivity index (χ0) is 18.4. The van der Waals surface area contributed by atoms with Crippen molar-refractivity contribution in [2.24, 2.45) is 0 Å². The Morgan fingerprint density at radius 3 is 2.48 bits per heavy atom. The van der Waals surface area contributed by atoms with Crippen LogP contribution in [0.3, 0.4) is 0 Å². The number of aldehydes is 1. The normalized spacial score (nSPS) is 11.1. The van der Waals surface area contributed by atoms with Crippen molar-refractivity contribution in [2.45, 2.75) is 27.4 Å². The third-order valence-corrected chi connectivity index (χ3v) is 4.08. The van der Waals surface area contributed by atoms with Gasteiger partial charge in [0.2, 0.25) is 0 Å². The van der Waals surface area contributed by atoms with Gasteiger partial charge in [0.15, 0.2) is 0 Å². The number of rotatable bonds is 6. The fourth-order valence-corrected chi connectivity index (χ4v) is 2.65. The molecule has 0 atom stereocenters. The van der Waals surface area contributed by atoms with Crippen molar-refractivity contribution in [3.63, 3.8) is 0 Å². The maximum absolute atomic E-state index is 12.0. The van der Waals surface area contributed by atoms with Crippen LogP contribution in [-0.4, -0.2) is 19.4 Å². The predicted octanol–water partition coefficient (Wildman–Crippen LogP) is 4.27. The maximum atomic E-state index is 12.0. The van der Waals surface area contributed by atoms with Gasteiger partial charge in [0.05, 0.1) is 12.7 Å². The molecule has 0 saturated carbocycles. The summed E-state index contributed by atoms with van der Waals surface area (Å²) in [6.07, 6.45) is 2.58. The summed E-state index contributed by atoms with van der Waals surface area (Å²) in [5.74, 6) is 0.343. The highest BCUT2D eigenvalue weighted by molar-refractivity contribution is 6.16. The molecule has 4 nitrogen and oxygen atoms in total. The van der Waals surface area contributed by atoms with Crippen molar-refractivity contribution in [3.05, 3.63) is 70.3 Å². The molecule has 0 aromatic heterocycles. The van der Waals surface area contributed by atoms with E-state index in [-0.39, 0.29) is 5.97 Å². The van der Waals surface area contributed by atoms with E-state index < -0.39 is 0 Å². The molecule has 0 heterocycles. The lowest BCUT2D eigenvalue weighted by atomic mass is 10.00. The fraction of sp³-hybridized carbons (Fsp3) is 0.238. The molecular formula is C21H22O4. The standard InChI is InChI=1S/C21H22O4/c1-5-18(21(23)24-4)19-9-7-6-8-16(19)13-25-20-11-14(2)17(12-22)10-15(20)3/h5-12H,13H2,1-4H3. The molecule has 0 amide bonds. The Kier molecular flexibility index (Phi) is 6.12. The lowest BCUT2D eigenvalue weighted by Gasteiger charge is -2.15. The van der Waals surface area contributed by atoms with E-state index >= 15 is 0 Å². The van der Waals surface area contributed by atoms with E-state index in [1.54, 1.807) is 13.0 Å². The molecule has 4 heteroatoms. The lowest BCUT2D eigenvalue weighted by Crippen LogP contribution is -2.08. The second kappa shape index (κ2) is 8.29. The lowest BCUT2D eigenvalue weighted by molar-refractivity contribution is -0.133. The number of carbonyl (C=O) groups excluding carboxylic acids is 2. The summed E-state index contributed by atoms with van der Waals surface area (Å²) < 4.78 is 10.8. The number of ether oxygens (including phenoxy) is 2. The molecule has 2 rings (SSSR count). The molecule has 130 valence electrons. The summed E-state index contributed by atoms with van der Waals surface area (Å²) in [5.41, 5.74) is 4.60. The Morgan fingerprint density at radius 1 is 1.12 bits per heavy atom. The van der Waals surface area contributed by atoms with Crippen LogP contribution in [0.25, 0.3) is 5.57 Å². The molecule has 0 aliphatic carbocycles. The number of benzene rings is 2. The zero-order valence-electron chi connectivity index (χ0n) is 15.0. The van der Waals surface area contributed by atoms with E-state index in [0.29, 0.717) is 17.7 Å². The fourth-order valence-electron chi connectivity index (χ4n) is 2.65.